The van der Waals surface area contributed by atoms with Crippen LogP contribution in [0.1, 0.15) is 32.9 Å². The first-order valence-corrected chi connectivity index (χ1v) is 16.3. The van der Waals surface area contributed by atoms with Crippen molar-refractivity contribution in [2.45, 2.75) is 50.9 Å². The summed E-state index contributed by atoms with van der Waals surface area (Å²) in [7, 11) is -3.23. The summed E-state index contributed by atoms with van der Waals surface area (Å²) in [6.07, 6.45) is 4.26. The van der Waals surface area contributed by atoms with Gasteiger partial charge >= 0.3 is 16.4 Å². The average molecular weight is 714 g/mol. The second-order valence-electron chi connectivity index (χ2n) is 11.4. The highest BCUT2D eigenvalue weighted by molar-refractivity contribution is 7.80. The van der Waals surface area contributed by atoms with Crippen molar-refractivity contribution in [2.24, 2.45) is 17.9 Å². The minimum absolute atomic E-state index is 0.0177. The van der Waals surface area contributed by atoms with Crippen molar-refractivity contribution in [1.82, 2.24) is 20.0 Å². The molecule has 2 unspecified atom stereocenters. The maximum Gasteiger partial charge on any atom is 0.418 e. The summed E-state index contributed by atoms with van der Waals surface area (Å²) in [5.74, 6) is -4.30. The monoisotopic (exact) mass is 713 g/mol. The number of halogens is 1. The van der Waals surface area contributed by atoms with Gasteiger partial charge in [0, 0.05) is 17.0 Å². The number of benzene rings is 1. The molecule has 1 fully saturated rings. The number of amides is 2. The molecule has 0 radical (unpaired) electrons. The zero-order valence-corrected chi connectivity index (χ0v) is 27.7. The number of rotatable bonds is 15. The van der Waals surface area contributed by atoms with Crippen LogP contribution in [0.15, 0.2) is 41.1 Å². The highest BCUT2D eigenvalue weighted by Gasteiger charge is 2.58. The molecule has 0 aliphatic carbocycles. The van der Waals surface area contributed by atoms with E-state index < -0.39 is 63.5 Å². The second kappa shape index (κ2) is 13.8. The molecule has 1 saturated heterocycles. The number of hydrogen-bond acceptors (Lipinski definition) is 13. The lowest BCUT2D eigenvalue weighted by Crippen LogP contribution is -2.76. The SMILES string of the molecule is C[n+]1cc(-c2ccc(OCC(C)(O/N=C(\C(=O)NC3C(=O)N(OS(=O)(=O)O)C3(C)C)c3csc(N)n3)C(=O)O)cc2F)cn1CCCN. The largest absolute Gasteiger partial charge is 0.489 e. The van der Waals surface area contributed by atoms with Gasteiger partial charge in [0.1, 0.15) is 29.9 Å². The maximum absolute atomic E-state index is 15.1. The van der Waals surface area contributed by atoms with E-state index >= 15 is 4.39 Å². The number of aryl methyl sites for hydroxylation is 2. The molecule has 0 spiro atoms. The third kappa shape index (κ3) is 7.87. The smallest absolute Gasteiger partial charge is 0.418 e. The quantitative estimate of drug-likeness (QED) is 0.0457. The molecule has 1 aliphatic rings. The highest BCUT2D eigenvalue weighted by atomic mass is 32.3. The molecular weight excluding hydrogens is 679 g/mol. The molecule has 3 aromatic rings. The van der Waals surface area contributed by atoms with Crippen LogP contribution in [0.2, 0.25) is 0 Å². The molecule has 7 N–H and O–H groups in total. The first kappa shape index (κ1) is 36.1. The van der Waals surface area contributed by atoms with Crippen LogP contribution < -0.4 is 26.2 Å². The maximum atomic E-state index is 15.1. The van der Waals surface area contributed by atoms with Crippen LogP contribution in [0, 0.1) is 5.82 Å². The Morgan fingerprint density at radius 2 is 2.04 bits per heavy atom. The van der Waals surface area contributed by atoms with Gasteiger partial charge in [0.15, 0.2) is 17.9 Å². The van der Waals surface area contributed by atoms with Gasteiger partial charge in [-0.25, -0.2) is 14.2 Å². The first-order valence-electron chi connectivity index (χ1n) is 14.1. The van der Waals surface area contributed by atoms with Crippen LogP contribution in [-0.2, 0) is 47.5 Å². The van der Waals surface area contributed by atoms with Crippen LogP contribution in [0.5, 0.6) is 5.75 Å². The van der Waals surface area contributed by atoms with Crippen LogP contribution in [0.25, 0.3) is 11.1 Å². The molecule has 0 bridgehead atoms. The van der Waals surface area contributed by atoms with Crippen molar-refractivity contribution in [3.05, 3.63) is 47.5 Å². The first-order chi connectivity index (χ1) is 22.4. The van der Waals surface area contributed by atoms with E-state index in [0.717, 1.165) is 30.7 Å². The number of carbonyl (C=O) groups excluding carboxylic acids is 2. The third-order valence-corrected chi connectivity index (χ3v) is 8.28. The lowest BCUT2D eigenvalue weighted by Gasteiger charge is -2.50. The Kier molecular flexibility index (Phi) is 10.4. The molecule has 48 heavy (non-hydrogen) atoms. The molecule has 3 heterocycles. The summed E-state index contributed by atoms with van der Waals surface area (Å²) >= 11 is 0.926. The van der Waals surface area contributed by atoms with E-state index in [0.29, 0.717) is 23.7 Å². The minimum atomic E-state index is -5.04. The van der Waals surface area contributed by atoms with Crippen LogP contribution in [0.4, 0.5) is 9.52 Å². The van der Waals surface area contributed by atoms with E-state index in [1.54, 1.807) is 17.1 Å². The average Bonchev–Trinajstić information content (AvgIpc) is 3.60. The van der Waals surface area contributed by atoms with Crippen LogP contribution in [0.3, 0.4) is 0 Å². The standard InChI is InChI=1S/C27H33FN8O10S2/c1-26(2)21(23(38)36(26)46-48(41,42)43)32-22(37)20(19-13-47-25(30)31-19)33-45-27(3,24(39)40)14-44-16-6-7-17(18(28)10-16)15-11-34(4)35(12-15)9-5-8-29/h6-7,10-13,21H,5,8-9,14,29H2,1-4H3,(H4-,30,31,32,37,39,40,41,42,43)/p+1/b33-20-. The molecule has 1 aliphatic heterocycles. The predicted octanol–water partition coefficient (Wildman–Crippen LogP) is -0.0108. The van der Waals surface area contributed by atoms with Gasteiger partial charge in [-0.3, -0.25) is 14.1 Å². The van der Waals surface area contributed by atoms with Gasteiger partial charge in [0.2, 0.25) is 6.20 Å². The summed E-state index contributed by atoms with van der Waals surface area (Å²) in [6, 6.07) is 2.64. The number of aromatic nitrogens is 3. The van der Waals surface area contributed by atoms with Gasteiger partial charge in [-0.05, 0) is 45.9 Å². The molecule has 260 valence electrons. The number of hydroxylamine groups is 2. The van der Waals surface area contributed by atoms with Crippen molar-refractivity contribution in [1.29, 1.82) is 0 Å². The van der Waals surface area contributed by atoms with Crippen molar-refractivity contribution < 1.29 is 55.4 Å². The van der Waals surface area contributed by atoms with E-state index in [-0.39, 0.29) is 22.1 Å². The number of oxime groups is 1. The Hall–Kier alpha value is -4.70. The van der Waals surface area contributed by atoms with Gasteiger partial charge in [-0.15, -0.1) is 20.3 Å². The Labute approximate surface area is 277 Å². The molecule has 2 aromatic heterocycles. The van der Waals surface area contributed by atoms with Gasteiger partial charge in [0.25, 0.3) is 17.4 Å². The van der Waals surface area contributed by atoms with Gasteiger partial charge < -0.3 is 31.5 Å². The number of nitrogens with two attached hydrogens (primary N) is 2. The number of nitrogen functional groups attached to an aromatic ring is 1. The fourth-order valence-electron chi connectivity index (χ4n) is 4.51. The van der Waals surface area contributed by atoms with Crippen molar-refractivity contribution in [3.63, 3.8) is 0 Å². The summed E-state index contributed by atoms with van der Waals surface area (Å²) in [5, 5.41) is 17.7. The molecule has 21 heteroatoms. The third-order valence-electron chi connectivity index (χ3n) is 7.27. The number of hydrogen-bond donors (Lipinski definition) is 5. The van der Waals surface area contributed by atoms with Crippen LogP contribution >= 0.6 is 11.3 Å². The van der Waals surface area contributed by atoms with Crippen molar-refractivity contribution >= 4 is 50.4 Å². The number of ether oxygens (including phenoxy) is 1. The molecule has 18 nitrogen and oxygen atoms in total. The Morgan fingerprint density at radius 1 is 1.33 bits per heavy atom. The molecule has 2 amide bonds. The predicted molar refractivity (Wildman–Crippen MR) is 166 cm³/mol. The number of nitrogens with zero attached hydrogens (tertiary/aromatic N) is 5. The normalized spacial score (nSPS) is 17.4. The zero-order valence-electron chi connectivity index (χ0n) is 26.1. The van der Waals surface area contributed by atoms with Gasteiger partial charge in [-0.1, -0.05) is 5.16 Å². The Morgan fingerprint density at radius 3 is 2.60 bits per heavy atom. The fourth-order valence-corrected chi connectivity index (χ4v) is 5.51. The number of anilines is 1. The van der Waals surface area contributed by atoms with E-state index in [2.05, 4.69) is 19.7 Å². The van der Waals surface area contributed by atoms with Crippen LogP contribution in [-0.4, -0.2) is 86.6 Å². The highest BCUT2D eigenvalue weighted by Crippen LogP contribution is 2.33. The van der Waals surface area contributed by atoms with Crippen molar-refractivity contribution in [2.75, 3.05) is 18.9 Å². The molecule has 2 atom stereocenters. The topological polar surface area (TPSA) is 255 Å². The molecule has 0 saturated carbocycles. The summed E-state index contributed by atoms with van der Waals surface area (Å²) in [6.45, 7) is 4.23. The number of carbonyl (C=O) groups is 3. The Balaban J connectivity index is 1.51. The summed E-state index contributed by atoms with van der Waals surface area (Å²) in [5.41, 5.74) is 7.74. The van der Waals surface area contributed by atoms with E-state index in [1.807, 2.05) is 11.7 Å². The number of carboxylic acids is 1. The number of aliphatic carboxylic acids is 1. The number of nitrogens with one attached hydrogen (secondary N) is 1. The summed E-state index contributed by atoms with van der Waals surface area (Å²) in [4.78, 5) is 47.4. The fraction of sp³-hybridized carbons (Fsp3) is 0.407. The van der Waals surface area contributed by atoms with Gasteiger partial charge in [0.05, 0.1) is 23.8 Å². The lowest BCUT2D eigenvalue weighted by atomic mass is 9.84. The number of thiazole rings is 1. The Bertz CT molecular complexity index is 1860. The number of carboxylic acid groups (broad SMARTS) is 1. The minimum Gasteiger partial charge on any atom is -0.489 e. The second-order valence-corrected chi connectivity index (χ2v) is 13.3. The lowest BCUT2D eigenvalue weighted by molar-refractivity contribution is -0.753. The molecule has 4 rings (SSSR count). The van der Waals surface area contributed by atoms with Crippen molar-refractivity contribution in [3.8, 4) is 16.9 Å². The zero-order chi connectivity index (χ0) is 35.6. The molecular formula is C27H34FN8O10S2+. The summed E-state index contributed by atoms with van der Waals surface area (Å²) < 4.78 is 59.9. The van der Waals surface area contributed by atoms with Gasteiger partial charge in [-0.2, -0.15) is 18.2 Å². The van der Waals surface area contributed by atoms with E-state index in [9.17, 15) is 27.9 Å². The van der Waals surface area contributed by atoms with E-state index in [1.165, 1.54) is 31.4 Å². The number of β-lactam (4-membered cyclic amide) rings is 1. The van der Waals surface area contributed by atoms with E-state index in [4.69, 9.17) is 25.6 Å². The molecule has 1 aromatic carbocycles.